The molecule has 0 aliphatic rings. The van der Waals surface area contributed by atoms with E-state index in [1.807, 2.05) is 18.8 Å². The summed E-state index contributed by atoms with van der Waals surface area (Å²) in [6, 6.07) is 0. The molecule has 0 amide bonds. The number of thioether (sulfide) groups is 1. The van der Waals surface area contributed by atoms with Crippen LogP contribution in [-0.4, -0.2) is 37.6 Å². The minimum Gasteiger partial charge on any atom is -0.356 e. The van der Waals surface area contributed by atoms with Crippen LogP contribution in [0, 0.1) is 5.92 Å². The highest BCUT2D eigenvalue weighted by molar-refractivity contribution is 7.99. The quantitative estimate of drug-likeness (QED) is 0.542. The Hall–Kier alpha value is -0.380. The minimum absolute atomic E-state index is 0.619. The highest BCUT2D eigenvalue weighted by Crippen LogP contribution is 2.02. The average molecular weight is 231 g/mol. The first-order valence-electron chi connectivity index (χ1n) is 5.57. The van der Waals surface area contributed by atoms with E-state index in [0.717, 1.165) is 25.0 Å². The molecular weight excluding hydrogens is 206 g/mol. The number of hydrogen-bond donors (Lipinski definition) is 2. The Morgan fingerprint density at radius 1 is 1.27 bits per heavy atom. The number of rotatable bonds is 6. The summed E-state index contributed by atoms with van der Waals surface area (Å²) >= 11 is 1.86. The standard InChI is InChI=1S/C11H25N3S/c1-9(2)6-7-13-11(12-4)14-8-10(3)15-5/h9-10H,6-8H2,1-5H3,(H2,12,13,14). The zero-order valence-corrected chi connectivity index (χ0v) is 11.4. The second-order valence-corrected chi connectivity index (χ2v) is 5.38. The van der Waals surface area contributed by atoms with Gasteiger partial charge in [-0.15, -0.1) is 0 Å². The van der Waals surface area contributed by atoms with Crippen LogP contribution in [0.2, 0.25) is 0 Å². The van der Waals surface area contributed by atoms with Gasteiger partial charge in [-0.2, -0.15) is 11.8 Å². The third-order valence-electron chi connectivity index (χ3n) is 2.20. The van der Waals surface area contributed by atoms with Gasteiger partial charge in [-0.25, -0.2) is 0 Å². The average Bonchev–Trinajstić information content (AvgIpc) is 2.22. The molecule has 0 aliphatic heterocycles. The molecule has 0 saturated carbocycles. The Labute approximate surface area is 98.5 Å². The number of nitrogens with one attached hydrogen (secondary N) is 2. The topological polar surface area (TPSA) is 36.4 Å². The van der Waals surface area contributed by atoms with Crippen LogP contribution in [0.1, 0.15) is 27.2 Å². The van der Waals surface area contributed by atoms with E-state index in [9.17, 15) is 0 Å². The van der Waals surface area contributed by atoms with Gasteiger partial charge >= 0.3 is 0 Å². The summed E-state index contributed by atoms with van der Waals surface area (Å²) in [4.78, 5) is 4.18. The molecule has 2 N–H and O–H groups in total. The Balaban J connectivity index is 3.65. The second kappa shape index (κ2) is 8.89. The molecule has 90 valence electrons. The third-order valence-corrected chi connectivity index (χ3v) is 3.17. The largest absolute Gasteiger partial charge is 0.356 e. The third kappa shape index (κ3) is 8.60. The molecule has 0 heterocycles. The molecule has 0 radical (unpaired) electrons. The summed E-state index contributed by atoms with van der Waals surface area (Å²) < 4.78 is 0. The van der Waals surface area contributed by atoms with Crippen molar-refractivity contribution in [3.05, 3.63) is 0 Å². The summed E-state index contributed by atoms with van der Waals surface area (Å²) in [5, 5.41) is 7.24. The predicted octanol–water partition coefficient (Wildman–Crippen LogP) is 1.95. The number of guanidine groups is 1. The zero-order chi connectivity index (χ0) is 11.7. The van der Waals surface area contributed by atoms with Gasteiger partial charge in [0, 0.05) is 25.4 Å². The molecule has 1 unspecified atom stereocenters. The van der Waals surface area contributed by atoms with Gasteiger partial charge in [0.25, 0.3) is 0 Å². The molecule has 0 aromatic carbocycles. The van der Waals surface area contributed by atoms with Crippen LogP contribution in [0.5, 0.6) is 0 Å². The van der Waals surface area contributed by atoms with Gasteiger partial charge in [0.1, 0.15) is 0 Å². The van der Waals surface area contributed by atoms with Gasteiger partial charge in [-0.05, 0) is 18.6 Å². The van der Waals surface area contributed by atoms with E-state index in [-0.39, 0.29) is 0 Å². The minimum atomic E-state index is 0.619. The van der Waals surface area contributed by atoms with Crippen molar-refractivity contribution < 1.29 is 0 Å². The lowest BCUT2D eigenvalue weighted by Gasteiger charge is -2.15. The fraction of sp³-hybridized carbons (Fsp3) is 0.909. The van der Waals surface area contributed by atoms with E-state index < -0.39 is 0 Å². The smallest absolute Gasteiger partial charge is 0.191 e. The lowest BCUT2D eigenvalue weighted by Crippen LogP contribution is -2.40. The zero-order valence-electron chi connectivity index (χ0n) is 10.6. The second-order valence-electron chi connectivity index (χ2n) is 4.11. The van der Waals surface area contributed by atoms with Crippen molar-refractivity contribution in [1.29, 1.82) is 0 Å². The molecule has 0 bridgehead atoms. The predicted molar refractivity (Wildman–Crippen MR) is 71.8 cm³/mol. The first-order valence-corrected chi connectivity index (χ1v) is 6.86. The summed E-state index contributed by atoms with van der Waals surface area (Å²) in [7, 11) is 1.81. The lowest BCUT2D eigenvalue weighted by molar-refractivity contribution is 0.573. The van der Waals surface area contributed by atoms with Gasteiger partial charge in [0.15, 0.2) is 5.96 Å². The molecule has 0 aliphatic carbocycles. The lowest BCUT2D eigenvalue weighted by atomic mass is 10.1. The Morgan fingerprint density at radius 3 is 2.40 bits per heavy atom. The van der Waals surface area contributed by atoms with Crippen molar-refractivity contribution in [1.82, 2.24) is 10.6 Å². The van der Waals surface area contributed by atoms with E-state index in [1.54, 1.807) is 0 Å². The fourth-order valence-corrected chi connectivity index (χ4v) is 1.27. The molecule has 15 heavy (non-hydrogen) atoms. The molecule has 0 fully saturated rings. The van der Waals surface area contributed by atoms with E-state index >= 15 is 0 Å². The summed E-state index contributed by atoms with van der Waals surface area (Å²) in [6.45, 7) is 8.62. The van der Waals surface area contributed by atoms with Crippen molar-refractivity contribution in [2.75, 3.05) is 26.4 Å². The van der Waals surface area contributed by atoms with E-state index in [2.05, 4.69) is 42.7 Å². The number of nitrogens with zero attached hydrogens (tertiary/aromatic N) is 1. The van der Waals surface area contributed by atoms with Gasteiger partial charge in [0.05, 0.1) is 0 Å². The van der Waals surface area contributed by atoms with Crippen molar-refractivity contribution in [2.45, 2.75) is 32.4 Å². The van der Waals surface area contributed by atoms with E-state index in [0.29, 0.717) is 5.25 Å². The van der Waals surface area contributed by atoms with Crippen LogP contribution in [0.25, 0.3) is 0 Å². The van der Waals surface area contributed by atoms with Crippen molar-refractivity contribution >= 4 is 17.7 Å². The fourth-order valence-electron chi connectivity index (χ4n) is 1.02. The molecule has 0 saturated heterocycles. The molecule has 0 aromatic rings. The van der Waals surface area contributed by atoms with Gasteiger partial charge in [-0.3, -0.25) is 4.99 Å². The van der Waals surface area contributed by atoms with Gasteiger partial charge in [-0.1, -0.05) is 20.8 Å². The van der Waals surface area contributed by atoms with Crippen LogP contribution in [0.15, 0.2) is 4.99 Å². The normalized spacial score (nSPS) is 14.1. The Morgan fingerprint density at radius 2 is 1.93 bits per heavy atom. The first-order chi connectivity index (χ1) is 7.10. The maximum atomic E-state index is 4.18. The van der Waals surface area contributed by atoms with Crippen LogP contribution < -0.4 is 10.6 Å². The molecule has 3 nitrogen and oxygen atoms in total. The highest BCUT2D eigenvalue weighted by atomic mass is 32.2. The van der Waals surface area contributed by atoms with Crippen molar-refractivity contribution in [3.63, 3.8) is 0 Å². The molecular formula is C11H25N3S. The number of aliphatic imine (C=N–C) groups is 1. The van der Waals surface area contributed by atoms with Crippen LogP contribution in [0.4, 0.5) is 0 Å². The molecule has 4 heteroatoms. The molecule has 0 rings (SSSR count). The van der Waals surface area contributed by atoms with E-state index in [1.165, 1.54) is 6.42 Å². The highest BCUT2D eigenvalue weighted by Gasteiger charge is 2.01. The summed E-state index contributed by atoms with van der Waals surface area (Å²) in [5.41, 5.74) is 0. The Bertz CT molecular complexity index is 181. The van der Waals surface area contributed by atoms with Crippen LogP contribution in [0.3, 0.4) is 0 Å². The van der Waals surface area contributed by atoms with Crippen molar-refractivity contribution in [3.8, 4) is 0 Å². The monoisotopic (exact) mass is 231 g/mol. The maximum absolute atomic E-state index is 4.18. The first kappa shape index (κ1) is 14.6. The van der Waals surface area contributed by atoms with Crippen LogP contribution in [-0.2, 0) is 0 Å². The summed E-state index contributed by atoms with van der Waals surface area (Å²) in [5.74, 6) is 1.65. The molecule has 1 atom stereocenters. The van der Waals surface area contributed by atoms with Crippen LogP contribution >= 0.6 is 11.8 Å². The summed E-state index contributed by atoms with van der Waals surface area (Å²) in [6.07, 6.45) is 3.31. The number of hydrogen-bond acceptors (Lipinski definition) is 2. The van der Waals surface area contributed by atoms with E-state index in [4.69, 9.17) is 0 Å². The van der Waals surface area contributed by atoms with Crippen molar-refractivity contribution in [2.24, 2.45) is 10.9 Å². The SMILES string of the molecule is CN=C(NCCC(C)C)NCC(C)SC. The maximum Gasteiger partial charge on any atom is 0.191 e. The van der Waals surface area contributed by atoms with Gasteiger partial charge in [0.2, 0.25) is 0 Å². The molecule has 0 spiro atoms. The molecule has 0 aromatic heterocycles. The van der Waals surface area contributed by atoms with Gasteiger partial charge < -0.3 is 10.6 Å². The Kier molecular flexibility index (Phi) is 8.67.